The number of H-pyrrole nitrogens is 1. The first-order valence-corrected chi connectivity index (χ1v) is 6.15. The summed E-state index contributed by atoms with van der Waals surface area (Å²) >= 11 is 0. The SMILES string of the molecule is Cc1cccc(-n2[nH]c(C(C)C)c(CN)c2=O)c1. The maximum atomic E-state index is 12.3. The van der Waals surface area contributed by atoms with Crippen molar-refractivity contribution in [3.05, 3.63) is 51.4 Å². The lowest BCUT2D eigenvalue weighted by Crippen LogP contribution is -2.19. The van der Waals surface area contributed by atoms with Gasteiger partial charge in [0.2, 0.25) is 0 Å². The zero-order valence-corrected chi connectivity index (χ0v) is 11.0. The third-order valence-electron chi connectivity index (χ3n) is 3.06. The van der Waals surface area contributed by atoms with Gasteiger partial charge in [-0.15, -0.1) is 0 Å². The van der Waals surface area contributed by atoms with Gasteiger partial charge in [-0.2, -0.15) is 0 Å². The van der Waals surface area contributed by atoms with E-state index in [0.29, 0.717) is 5.56 Å². The van der Waals surface area contributed by atoms with Gasteiger partial charge >= 0.3 is 0 Å². The molecule has 4 nitrogen and oxygen atoms in total. The van der Waals surface area contributed by atoms with Crippen LogP contribution in [0, 0.1) is 6.92 Å². The summed E-state index contributed by atoms with van der Waals surface area (Å²) in [7, 11) is 0. The maximum absolute atomic E-state index is 12.3. The number of nitrogens with zero attached hydrogens (tertiary/aromatic N) is 1. The van der Waals surface area contributed by atoms with Crippen molar-refractivity contribution in [1.82, 2.24) is 9.78 Å². The molecule has 1 aromatic carbocycles. The Bertz CT molecular complexity index is 608. The van der Waals surface area contributed by atoms with Gasteiger partial charge in [-0.3, -0.25) is 9.89 Å². The lowest BCUT2D eigenvalue weighted by Gasteiger charge is -2.04. The molecule has 1 aromatic heterocycles. The molecule has 0 fully saturated rings. The maximum Gasteiger partial charge on any atom is 0.275 e. The minimum absolute atomic E-state index is 0.0493. The molecular formula is C14H19N3O. The first kappa shape index (κ1) is 12.6. The Balaban J connectivity index is 2.63. The van der Waals surface area contributed by atoms with E-state index >= 15 is 0 Å². The topological polar surface area (TPSA) is 63.8 Å². The average Bonchev–Trinajstić information content (AvgIpc) is 2.66. The molecule has 0 spiro atoms. The highest BCUT2D eigenvalue weighted by Crippen LogP contribution is 2.16. The van der Waals surface area contributed by atoms with Crippen LogP contribution in [0.2, 0.25) is 0 Å². The Morgan fingerprint density at radius 2 is 2.11 bits per heavy atom. The summed E-state index contributed by atoms with van der Waals surface area (Å²) < 4.78 is 1.57. The number of aryl methyl sites for hydroxylation is 1. The predicted octanol–water partition coefficient (Wildman–Crippen LogP) is 2.06. The van der Waals surface area contributed by atoms with Gasteiger partial charge in [-0.1, -0.05) is 26.0 Å². The first-order valence-electron chi connectivity index (χ1n) is 6.15. The summed E-state index contributed by atoms with van der Waals surface area (Å²) in [5.41, 5.74) is 9.19. The molecule has 4 heteroatoms. The van der Waals surface area contributed by atoms with E-state index in [0.717, 1.165) is 16.9 Å². The fraction of sp³-hybridized carbons (Fsp3) is 0.357. The van der Waals surface area contributed by atoms with Gasteiger partial charge < -0.3 is 5.73 Å². The summed E-state index contributed by atoms with van der Waals surface area (Å²) in [6.45, 7) is 6.36. The average molecular weight is 245 g/mol. The number of nitrogens with one attached hydrogen (secondary N) is 1. The molecule has 0 amide bonds. The van der Waals surface area contributed by atoms with Gasteiger partial charge in [-0.25, -0.2) is 4.68 Å². The fourth-order valence-corrected chi connectivity index (χ4v) is 2.11. The third-order valence-corrected chi connectivity index (χ3v) is 3.06. The van der Waals surface area contributed by atoms with E-state index in [-0.39, 0.29) is 18.0 Å². The molecule has 0 atom stereocenters. The normalized spacial score (nSPS) is 11.2. The number of aromatic nitrogens is 2. The van der Waals surface area contributed by atoms with Crippen molar-refractivity contribution in [2.75, 3.05) is 0 Å². The highest BCUT2D eigenvalue weighted by molar-refractivity contribution is 5.36. The fourth-order valence-electron chi connectivity index (χ4n) is 2.11. The van der Waals surface area contributed by atoms with Gasteiger partial charge in [0.15, 0.2) is 0 Å². The van der Waals surface area contributed by atoms with E-state index in [9.17, 15) is 4.79 Å². The van der Waals surface area contributed by atoms with Crippen molar-refractivity contribution in [2.45, 2.75) is 33.2 Å². The second-order valence-electron chi connectivity index (χ2n) is 4.84. The molecule has 2 aromatic rings. The third kappa shape index (κ3) is 2.11. The quantitative estimate of drug-likeness (QED) is 0.869. The molecule has 0 bridgehead atoms. The molecule has 0 radical (unpaired) electrons. The summed E-state index contributed by atoms with van der Waals surface area (Å²) in [5.74, 6) is 0.252. The smallest absolute Gasteiger partial charge is 0.275 e. The molecule has 3 N–H and O–H groups in total. The number of rotatable bonds is 3. The van der Waals surface area contributed by atoms with E-state index in [1.54, 1.807) is 4.68 Å². The Kier molecular flexibility index (Phi) is 3.39. The van der Waals surface area contributed by atoms with Gasteiger partial charge in [0.1, 0.15) is 0 Å². The van der Waals surface area contributed by atoms with Crippen molar-refractivity contribution in [3.8, 4) is 5.69 Å². The second-order valence-corrected chi connectivity index (χ2v) is 4.84. The number of aromatic amines is 1. The largest absolute Gasteiger partial charge is 0.326 e. The Labute approximate surface area is 106 Å². The van der Waals surface area contributed by atoms with Gasteiger partial charge in [0.25, 0.3) is 5.56 Å². The molecule has 0 aliphatic rings. The van der Waals surface area contributed by atoms with Gasteiger partial charge in [-0.05, 0) is 30.5 Å². The van der Waals surface area contributed by atoms with Gasteiger partial charge in [0.05, 0.1) is 11.3 Å². The van der Waals surface area contributed by atoms with Crippen molar-refractivity contribution in [3.63, 3.8) is 0 Å². The Morgan fingerprint density at radius 1 is 1.39 bits per heavy atom. The lowest BCUT2D eigenvalue weighted by atomic mass is 10.1. The van der Waals surface area contributed by atoms with Crippen LogP contribution < -0.4 is 11.3 Å². The van der Waals surface area contributed by atoms with Crippen molar-refractivity contribution < 1.29 is 0 Å². The minimum atomic E-state index is -0.0493. The van der Waals surface area contributed by atoms with Crippen LogP contribution in [0.3, 0.4) is 0 Å². The molecule has 2 rings (SSSR count). The van der Waals surface area contributed by atoms with Crippen molar-refractivity contribution >= 4 is 0 Å². The number of benzene rings is 1. The summed E-state index contributed by atoms with van der Waals surface area (Å²) in [5, 5.41) is 3.17. The van der Waals surface area contributed by atoms with Crippen LogP contribution in [0.1, 0.15) is 36.6 Å². The first-order chi connectivity index (χ1) is 8.54. The predicted molar refractivity (Wildman–Crippen MR) is 73.1 cm³/mol. The zero-order chi connectivity index (χ0) is 13.3. The van der Waals surface area contributed by atoms with Crippen LogP contribution in [0.5, 0.6) is 0 Å². The Morgan fingerprint density at radius 3 is 2.61 bits per heavy atom. The van der Waals surface area contributed by atoms with Crippen LogP contribution >= 0.6 is 0 Å². The molecule has 0 unspecified atom stereocenters. The molecular weight excluding hydrogens is 226 g/mol. The second kappa shape index (κ2) is 4.82. The summed E-state index contributed by atoms with van der Waals surface area (Å²) in [6.07, 6.45) is 0. The van der Waals surface area contributed by atoms with Crippen molar-refractivity contribution in [2.24, 2.45) is 5.73 Å². The van der Waals surface area contributed by atoms with Crippen LogP contribution in [-0.4, -0.2) is 9.78 Å². The van der Waals surface area contributed by atoms with Crippen molar-refractivity contribution in [1.29, 1.82) is 0 Å². The lowest BCUT2D eigenvalue weighted by molar-refractivity contribution is 0.756. The number of hydrogen-bond acceptors (Lipinski definition) is 2. The van der Waals surface area contributed by atoms with E-state index in [4.69, 9.17) is 5.73 Å². The minimum Gasteiger partial charge on any atom is -0.326 e. The molecule has 0 aliphatic carbocycles. The van der Waals surface area contributed by atoms with E-state index in [1.807, 2.05) is 45.0 Å². The summed E-state index contributed by atoms with van der Waals surface area (Å²) in [6, 6.07) is 7.83. The van der Waals surface area contributed by atoms with E-state index in [2.05, 4.69) is 5.10 Å². The standard InChI is InChI=1S/C14H19N3O/c1-9(2)13-12(8-15)14(18)17(16-13)11-6-4-5-10(3)7-11/h4-7,9,16H,8,15H2,1-3H3. The molecule has 0 saturated heterocycles. The molecule has 96 valence electrons. The van der Waals surface area contributed by atoms with Gasteiger partial charge in [0, 0.05) is 12.2 Å². The van der Waals surface area contributed by atoms with E-state index in [1.165, 1.54) is 0 Å². The molecule has 1 heterocycles. The van der Waals surface area contributed by atoms with Crippen LogP contribution in [0.25, 0.3) is 5.69 Å². The highest BCUT2D eigenvalue weighted by Gasteiger charge is 2.16. The molecule has 18 heavy (non-hydrogen) atoms. The zero-order valence-electron chi connectivity index (χ0n) is 11.0. The monoisotopic (exact) mass is 245 g/mol. The summed E-state index contributed by atoms with van der Waals surface area (Å²) in [4.78, 5) is 12.3. The molecule has 0 aliphatic heterocycles. The van der Waals surface area contributed by atoms with Crippen LogP contribution in [0.4, 0.5) is 0 Å². The van der Waals surface area contributed by atoms with Crippen LogP contribution in [0.15, 0.2) is 29.1 Å². The highest BCUT2D eigenvalue weighted by atomic mass is 16.1. The van der Waals surface area contributed by atoms with E-state index < -0.39 is 0 Å². The number of nitrogens with two attached hydrogens (primary N) is 1. The molecule has 0 saturated carbocycles. The van der Waals surface area contributed by atoms with Crippen LogP contribution in [-0.2, 0) is 6.54 Å². The number of hydrogen-bond donors (Lipinski definition) is 2. The Hall–Kier alpha value is -1.81.